The van der Waals surface area contributed by atoms with Crippen LogP contribution in [-0.2, 0) is 46.4 Å². The van der Waals surface area contributed by atoms with Crippen molar-refractivity contribution in [1.29, 1.82) is 0 Å². The van der Waals surface area contributed by atoms with E-state index in [9.17, 15) is 38.4 Å². The molecule has 18 nitrogen and oxygen atoms in total. The van der Waals surface area contributed by atoms with Gasteiger partial charge in [-0.15, -0.1) is 0 Å². The number of nitrogens with two attached hydrogens (primary N) is 2. The Labute approximate surface area is 389 Å². The van der Waals surface area contributed by atoms with Crippen LogP contribution in [0, 0.1) is 0 Å². The van der Waals surface area contributed by atoms with Gasteiger partial charge in [0.15, 0.2) is 0 Å². The number of primary amides is 1. The Morgan fingerprint density at radius 1 is 0.687 bits per heavy atom. The lowest BCUT2D eigenvalue weighted by Crippen LogP contribution is -2.60. The molecule has 2 aliphatic heterocycles. The van der Waals surface area contributed by atoms with Gasteiger partial charge >= 0.3 is 0 Å². The molecule has 0 bridgehead atoms. The van der Waals surface area contributed by atoms with Gasteiger partial charge < -0.3 is 52.8 Å². The summed E-state index contributed by atoms with van der Waals surface area (Å²) in [5, 5.41) is 14.4. The van der Waals surface area contributed by atoms with Gasteiger partial charge in [0.25, 0.3) is 5.91 Å². The fraction of sp³-hybridized carbons (Fsp3) is 0.429. The molecule has 3 heterocycles. The molecule has 2 saturated heterocycles. The Kier molecular flexibility index (Phi) is 17.2. The minimum Gasteiger partial charge on any atom is -0.368 e. The van der Waals surface area contributed by atoms with E-state index in [1.807, 2.05) is 61.5 Å². The summed E-state index contributed by atoms with van der Waals surface area (Å²) in [7, 11) is 0. The number of fused-ring (bicyclic) bond motifs is 1. The third-order valence-electron chi connectivity index (χ3n) is 12.4. The molecule has 356 valence electrons. The Hall–Kier alpha value is -7.08. The Morgan fingerprint density at radius 2 is 1.31 bits per heavy atom. The third kappa shape index (κ3) is 12.6. The highest BCUT2D eigenvalue weighted by Crippen LogP contribution is 2.27. The molecule has 4 aromatic rings. The van der Waals surface area contributed by atoms with Crippen molar-refractivity contribution in [2.75, 3.05) is 19.6 Å². The summed E-state index contributed by atoms with van der Waals surface area (Å²) >= 11 is 0. The minimum absolute atomic E-state index is 0.00858. The number of unbranched alkanes of at least 4 members (excludes halogenated alkanes) is 1. The van der Waals surface area contributed by atoms with Gasteiger partial charge in [-0.1, -0.05) is 86.5 Å². The van der Waals surface area contributed by atoms with Crippen LogP contribution in [0.2, 0.25) is 0 Å². The van der Waals surface area contributed by atoms with Gasteiger partial charge in [0, 0.05) is 55.1 Å². The van der Waals surface area contributed by atoms with E-state index in [0.29, 0.717) is 56.2 Å². The number of carbonyl (C=O) groups excluding carboxylic acids is 8. The van der Waals surface area contributed by atoms with E-state index in [4.69, 9.17) is 11.5 Å². The monoisotopic (exact) mass is 918 g/mol. The first-order valence-corrected chi connectivity index (χ1v) is 23.1. The van der Waals surface area contributed by atoms with Crippen LogP contribution in [0.1, 0.15) is 80.3 Å². The van der Waals surface area contributed by atoms with Gasteiger partial charge in [-0.3, -0.25) is 38.4 Å². The van der Waals surface area contributed by atoms with Crippen molar-refractivity contribution in [2.24, 2.45) is 11.5 Å². The van der Waals surface area contributed by atoms with Crippen LogP contribution < -0.4 is 38.1 Å². The van der Waals surface area contributed by atoms with Crippen LogP contribution in [0.3, 0.4) is 0 Å². The molecule has 6 rings (SSSR count). The Balaban J connectivity index is 1.21. The zero-order chi connectivity index (χ0) is 48.0. The number of aromatic nitrogens is 1. The number of H-pyrrole nitrogens is 1. The summed E-state index contributed by atoms with van der Waals surface area (Å²) in [4.78, 5) is 116. The smallest absolute Gasteiger partial charge is 0.251 e. The highest BCUT2D eigenvalue weighted by molar-refractivity contribution is 6.00. The summed E-state index contributed by atoms with van der Waals surface area (Å²) in [6.45, 7) is 3.66. The molecule has 0 radical (unpaired) electrons. The molecule has 0 spiro atoms. The first-order valence-electron chi connectivity index (χ1n) is 23.1. The molecular weight excluding hydrogens is 857 g/mol. The van der Waals surface area contributed by atoms with Crippen LogP contribution in [0.5, 0.6) is 0 Å². The molecular formula is C49H62N10O8. The van der Waals surface area contributed by atoms with E-state index < -0.39 is 89.6 Å². The summed E-state index contributed by atoms with van der Waals surface area (Å²) in [5.41, 5.74) is 14.0. The van der Waals surface area contributed by atoms with Crippen molar-refractivity contribution < 1.29 is 38.4 Å². The maximum absolute atomic E-state index is 14.8. The quantitative estimate of drug-likeness (QED) is 0.0598. The van der Waals surface area contributed by atoms with Gasteiger partial charge in [-0.25, -0.2) is 0 Å². The lowest BCUT2D eigenvalue weighted by molar-refractivity contribution is -0.148. The second-order valence-electron chi connectivity index (χ2n) is 17.2. The Bertz CT molecular complexity index is 2390. The first kappa shape index (κ1) is 49.4. The molecule has 10 N–H and O–H groups in total. The number of para-hydroxylation sites is 1. The lowest BCUT2D eigenvalue weighted by atomic mass is 10.0. The van der Waals surface area contributed by atoms with E-state index in [2.05, 4.69) is 31.6 Å². The molecule has 67 heavy (non-hydrogen) atoms. The maximum atomic E-state index is 14.8. The number of hydrogen-bond donors (Lipinski definition) is 8. The zero-order valence-corrected chi connectivity index (χ0v) is 38.0. The summed E-state index contributed by atoms with van der Waals surface area (Å²) < 4.78 is 0. The average Bonchev–Trinajstić information content (AvgIpc) is 4.13. The van der Waals surface area contributed by atoms with Crippen molar-refractivity contribution in [3.63, 3.8) is 0 Å². The van der Waals surface area contributed by atoms with Gasteiger partial charge in [0.2, 0.25) is 41.4 Å². The number of likely N-dealkylation sites (tertiary alicyclic amines) is 2. The topological polar surface area (TPSA) is 271 Å². The number of hydrogen-bond acceptors (Lipinski definition) is 9. The van der Waals surface area contributed by atoms with Crippen LogP contribution in [-0.4, -0.2) is 124 Å². The van der Waals surface area contributed by atoms with Crippen molar-refractivity contribution in [2.45, 2.75) is 114 Å². The maximum Gasteiger partial charge on any atom is 0.251 e. The minimum atomic E-state index is -1.26. The lowest BCUT2D eigenvalue weighted by Gasteiger charge is -2.33. The molecule has 0 saturated carbocycles. The second kappa shape index (κ2) is 23.4. The van der Waals surface area contributed by atoms with Crippen LogP contribution in [0.4, 0.5) is 0 Å². The van der Waals surface area contributed by atoms with E-state index in [-0.39, 0.29) is 25.9 Å². The van der Waals surface area contributed by atoms with Gasteiger partial charge in [-0.05, 0) is 68.4 Å². The van der Waals surface area contributed by atoms with Crippen LogP contribution in [0.25, 0.3) is 10.9 Å². The number of amides is 8. The number of nitrogens with one attached hydrogen (secondary N) is 6. The summed E-state index contributed by atoms with van der Waals surface area (Å²) in [6.07, 6.45) is 5.43. The average molecular weight is 919 g/mol. The van der Waals surface area contributed by atoms with Crippen molar-refractivity contribution >= 4 is 58.2 Å². The van der Waals surface area contributed by atoms with Gasteiger partial charge in [-0.2, -0.15) is 0 Å². The normalized spacial score (nSPS) is 18.0. The standard InChI is InChI=1S/C49H62N10O8/c1-3-4-20-36(42(51)60)54-47(65)40-22-13-24-58(40)49(67)41-23-14-25-59(41)48(66)38(26-31-15-7-5-8-16-31)56-45(63)37(27-33-29-52-35-21-12-11-19-34(33)35)55-43(61)30(2)53-46(64)39(28-50)57-44(62)32-17-9-6-10-18-32/h5-12,15-19,21,29-30,36-41,52H,3-4,13-14,20,22-28,50H2,1-2H3,(H2,51,60)(H,53,64)(H,54,65)(H,55,61)(H,56,63)(H,57,62)/t30-,36-,37+,38-,39-,40-,41+/m0/s1. The highest BCUT2D eigenvalue weighted by atomic mass is 16.2. The van der Waals surface area contributed by atoms with E-state index in [1.165, 1.54) is 16.7 Å². The predicted molar refractivity (Wildman–Crippen MR) is 250 cm³/mol. The number of nitrogens with zero attached hydrogens (tertiary/aromatic N) is 2. The fourth-order valence-electron chi connectivity index (χ4n) is 8.73. The molecule has 7 atom stereocenters. The number of rotatable bonds is 21. The molecule has 2 fully saturated rings. The SMILES string of the molecule is CCCC[C@H](NC(=O)[C@@H]1CCCN1C(=O)[C@H]1CCCN1C(=O)[C@H](Cc1ccccc1)NC(=O)[C@@H](Cc1c[nH]c2ccccc12)NC(=O)[C@H](C)NC(=O)[C@H](CN)NC(=O)c1ccccc1)C(N)=O. The molecule has 0 aliphatic carbocycles. The molecule has 1 aromatic heterocycles. The largest absolute Gasteiger partial charge is 0.368 e. The highest BCUT2D eigenvalue weighted by Gasteiger charge is 2.44. The molecule has 0 unspecified atom stereocenters. The third-order valence-corrected chi connectivity index (χ3v) is 12.4. The summed E-state index contributed by atoms with van der Waals surface area (Å²) in [6, 6.07) is 17.4. The zero-order valence-electron chi connectivity index (χ0n) is 38.0. The fourth-order valence-corrected chi connectivity index (χ4v) is 8.73. The van der Waals surface area contributed by atoms with Crippen LogP contribution >= 0.6 is 0 Å². The van der Waals surface area contributed by atoms with Crippen molar-refractivity contribution in [1.82, 2.24) is 41.4 Å². The summed E-state index contributed by atoms with van der Waals surface area (Å²) in [5.74, 6) is -4.66. The molecule has 2 aliphatic rings. The Morgan fingerprint density at radius 3 is 2.00 bits per heavy atom. The predicted octanol–water partition coefficient (Wildman–Crippen LogP) is 1.33. The van der Waals surface area contributed by atoms with E-state index >= 15 is 0 Å². The van der Waals surface area contributed by atoms with Gasteiger partial charge in [0.05, 0.1) is 0 Å². The van der Waals surface area contributed by atoms with Gasteiger partial charge in [0.1, 0.15) is 42.3 Å². The number of benzene rings is 3. The molecule has 3 aromatic carbocycles. The number of aromatic amines is 1. The molecule has 8 amide bonds. The van der Waals surface area contributed by atoms with Crippen molar-refractivity contribution in [3.05, 3.63) is 108 Å². The second-order valence-corrected chi connectivity index (χ2v) is 17.2. The van der Waals surface area contributed by atoms with E-state index in [1.54, 1.807) is 36.5 Å². The van der Waals surface area contributed by atoms with E-state index in [0.717, 1.165) is 22.9 Å². The molecule has 18 heteroatoms. The first-order chi connectivity index (χ1) is 32.3. The van der Waals surface area contributed by atoms with Crippen LogP contribution in [0.15, 0.2) is 91.1 Å². The number of carbonyl (C=O) groups is 8. The van der Waals surface area contributed by atoms with Crippen molar-refractivity contribution in [3.8, 4) is 0 Å².